The first-order valence-electron chi connectivity index (χ1n) is 8.11. The molecule has 1 aliphatic heterocycles. The van der Waals surface area contributed by atoms with E-state index < -0.39 is 0 Å². The summed E-state index contributed by atoms with van der Waals surface area (Å²) in [5.74, 6) is 0.428. The minimum Gasteiger partial charge on any atom is -0.326 e. The standard InChI is InChI=1S/C17H27N3/c1-3-17(2,20-11-4-5-12-20)16(18)14-9-8-13-7-6-10-19-15(13)14/h6-7,10,14,16H,3-5,8-9,11-12,18H2,1-2H3. The molecular weight excluding hydrogens is 246 g/mol. The molecule has 1 saturated heterocycles. The molecule has 110 valence electrons. The molecule has 0 amide bonds. The zero-order chi connectivity index (χ0) is 14.2. The summed E-state index contributed by atoms with van der Waals surface area (Å²) in [6, 6.07) is 4.45. The van der Waals surface area contributed by atoms with E-state index in [0.717, 1.165) is 19.3 Å². The highest BCUT2D eigenvalue weighted by atomic mass is 15.2. The number of aryl methyl sites for hydroxylation is 1. The van der Waals surface area contributed by atoms with Crippen LogP contribution in [0.25, 0.3) is 0 Å². The molecule has 2 heterocycles. The number of hydrogen-bond acceptors (Lipinski definition) is 3. The fourth-order valence-corrected chi connectivity index (χ4v) is 4.12. The molecule has 0 aromatic carbocycles. The van der Waals surface area contributed by atoms with Gasteiger partial charge >= 0.3 is 0 Å². The number of pyridine rings is 1. The third-order valence-electron chi connectivity index (χ3n) is 5.70. The molecule has 20 heavy (non-hydrogen) atoms. The molecule has 0 spiro atoms. The van der Waals surface area contributed by atoms with Crippen molar-refractivity contribution in [1.82, 2.24) is 9.88 Å². The Bertz CT molecular complexity index is 467. The zero-order valence-electron chi connectivity index (χ0n) is 12.8. The molecule has 1 aromatic heterocycles. The van der Waals surface area contributed by atoms with E-state index in [0.29, 0.717) is 5.92 Å². The summed E-state index contributed by atoms with van der Waals surface area (Å²) in [6.45, 7) is 7.07. The van der Waals surface area contributed by atoms with Crippen molar-refractivity contribution in [3.05, 3.63) is 29.6 Å². The van der Waals surface area contributed by atoms with E-state index in [1.54, 1.807) is 0 Å². The molecule has 0 bridgehead atoms. The molecule has 3 atom stereocenters. The third-order valence-corrected chi connectivity index (χ3v) is 5.70. The topological polar surface area (TPSA) is 42.1 Å². The number of rotatable bonds is 4. The largest absolute Gasteiger partial charge is 0.326 e. The Labute approximate surface area is 122 Å². The van der Waals surface area contributed by atoms with Crippen molar-refractivity contribution in [2.45, 2.75) is 63.5 Å². The van der Waals surface area contributed by atoms with Gasteiger partial charge in [0.05, 0.1) is 0 Å². The Morgan fingerprint density at radius 2 is 2.20 bits per heavy atom. The summed E-state index contributed by atoms with van der Waals surface area (Å²) in [4.78, 5) is 7.26. The van der Waals surface area contributed by atoms with Gasteiger partial charge in [-0.15, -0.1) is 0 Å². The van der Waals surface area contributed by atoms with Crippen LogP contribution in [0.3, 0.4) is 0 Å². The van der Waals surface area contributed by atoms with Gasteiger partial charge in [0.2, 0.25) is 0 Å². The number of fused-ring (bicyclic) bond motifs is 1. The van der Waals surface area contributed by atoms with E-state index in [2.05, 4.69) is 29.8 Å². The number of aromatic nitrogens is 1. The SMILES string of the molecule is CCC(C)(C(N)C1CCc2cccnc21)N1CCCC1. The molecule has 3 heteroatoms. The maximum Gasteiger partial charge on any atom is 0.0482 e. The van der Waals surface area contributed by atoms with Crippen LogP contribution in [0, 0.1) is 0 Å². The first kappa shape index (κ1) is 14.0. The minimum absolute atomic E-state index is 0.111. The molecule has 1 aliphatic carbocycles. The van der Waals surface area contributed by atoms with Crippen LogP contribution >= 0.6 is 0 Å². The van der Waals surface area contributed by atoms with Crippen molar-refractivity contribution in [2.75, 3.05) is 13.1 Å². The van der Waals surface area contributed by atoms with Gasteiger partial charge in [0.1, 0.15) is 0 Å². The van der Waals surface area contributed by atoms with Crippen molar-refractivity contribution in [3.63, 3.8) is 0 Å². The van der Waals surface area contributed by atoms with Gasteiger partial charge in [0.15, 0.2) is 0 Å². The smallest absolute Gasteiger partial charge is 0.0482 e. The maximum absolute atomic E-state index is 6.78. The van der Waals surface area contributed by atoms with Crippen LogP contribution in [0.5, 0.6) is 0 Å². The number of likely N-dealkylation sites (tertiary alicyclic amines) is 1. The Morgan fingerprint density at radius 3 is 2.90 bits per heavy atom. The van der Waals surface area contributed by atoms with Crippen LogP contribution in [-0.2, 0) is 6.42 Å². The summed E-state index contributed by atoms with van der Waals surface area (Å²) >= 11 is 0. The average Bonchev–Trinajstić information content (AvgIpc) is 3.15. The van der Waals surface area contributed by atoms with Crippen LogP contribution in [0.15, 0.2) is 18.3 Å². The van der Waals surface area contributed by atoms with Crippen molar-refractivity contribution in [3.8, 4) is 0 Å². The van der Waals surface area contributed by atoms with Crippen LogP contribution in [-0.4, -0.2) is 34.6 Å². The van der Waals surface area contributed by atoms with Gasteiger partial charge in [-0.05, 0) is 63.7 Å². The highest BCUT2D eigenvalue weighted by molar-refractivity contribution is 5.31. The summed E-state index contributed by atoms with van der Waals surface area (Å²) in [5, 5.41) is 0. The van der Waals surface area contributed by atoms with Crippen LogP contribution in [0.4, 0.5) is 0 Å². The lowest BCUT2D eigenvalue weighted by atomic mass is 9.79. The lowest BCUT2D eigenvalue weighted by Crippen LogP contribution is -2.58. The van der Waals surface area contributed by atoms with Gasteiger partial charge in [0, 0.05) is 29.4 Å². The Hall–Kier alpha value is -0.930. The van der Waals surface area contributed by atoms with Crippen LogP contribution < -0.4 is 5.73 Å². The van der Waals surface area contributed by atoms with E-state index in [-0.39, 0.29) is 11.6 Å². The Balaban J connectivity index is 1.86. The van der Waals surface area contributed by atoms with Crippen LogP contribution in [0.1, 0.15) is 56.7 Å². The molecule has 3 nitrogen and oxygen atoms in total. The monoisotopic (exact) mass is 273 g/mol. The van der Waals surface area contributed by atoms with Gasteiger partial charge in [-0.1, -0.05) is 13.0 Å². The highest BCUT2D eigenvalue weighted by Gasteiger charge is 2.43. The Kier molecular flexibility index (Phi) is 3.83. The zero-order valence-corrected chi connectivity index (χ0v) is 12.8. The van der Waals surface area contributed by atoms with Gasteiger partial charge < -0.3 is 5.73 Å². The molecule has 3 rings (SSSR count). The van der Waals surface area contributed by atoms with Gasteiger partial charge in [0.25, 0.3) is 0 Å². The Morgan fingerprint density at radius 1 is 1.45 bits per heavy atom. The predicted octanol–water partition coefficient (Wildman–Crippen LogP) is 2.70. The predicted molar refractivity (Wildman–Crippen MR) is 82.8 cm³/mol. The highest BCUT2D eigenvalue weighted by Crippen LogP contribution is 2.40. The van der Waals surface area contributed by atoms with E-state index in [1.807, 2.05) is 12.3 Å². The normalized spacial score (nSPS) is 27.2. The fraction of sp³-hybridized carbons (Fsp3) is 0.706. The summed E-state index contributed by atoms with van der Waals surface area (Å²) in [7, 11) is 0. The molecule has 2 N–H and O–H groups in total. The van der Waals surface area contributed by atoms with Crippen molar-refractivity contribution < 1.29 is 0 Å². The first-order chi connectivity index (χ1) is 9.66. The molecule has 1 aromatic rings. The second kappa shape index (κ2) is 5.45. The molecule has 0 radical (unpaired) electrons. The van der Waals surface area contributed by atoms with E-state index in [1.165, 1.54) is 37.2 Å². The average molecular weight is 273 g/mol. The molecular formula is C17H27N3. The van der Waals surface area contributed by atoms with Gasteiger partial charge in [-0.2, -0.15) is 0 Å². The van der Waals surface area contributed by atoms with Crippen molar-refractivity contribution >= 4 is 0 Å². The van der Waals surface area contributed by atoms with E-state index >= 15 is 0 Å². The fourth-order valence-electron chi connectivity index (χ4n) is 4.12. The van der Waals surface area contributed by atoms with Crippen molar-refractivity contribution in [2.24, 2.45) is 5.73 Å². The van der Waals surface area contributed by atoms with Crippen molar-refractivity contribution in [1.29, 1.82) is 0 Å². The summed E-state index contributed by atoms with van der Waals surface area (Å²) in [5.41, 5.74) is 9.57. The molecule has 2 aliphatic rings. The third kappa shape index (κ3) is 2.17. The lowest BCUT2D eigenvalue weighted by molar-refractivity contribution is 0.0883. The van der Waals surface area contributed by atoms with Gasteiger partial charge in [-0.3, -0.25) is 9.88 Å². The second-order valence-electron chi connectivity index (χ2n) is 6.62. The van der Waals surface area contributed by atoms with Crippen LogP contribution in [0.2, 0.25) is 0 Å². The number of hydrogen-bond donors (Lipinski definition) is 1. The van der Waals surface area contributed by atoms with E-state index in [9.17, 15) is 0 Å². The first-order valence-corrected chi connectivity index (χ1v) is 8.11. The van der Waals surface area contributed by atoms with Gasteiger partial charge in [-0.25, -0.2) is 0 Å². The summed E-state index contributed by atoms with van der Waals surface area (Å²) < 4.78 is 0. The summed E-state index contributed by atoms with van der Waals surface area (Å²) in [6.07, 6.45) is 7.98. The molecule has 1 fully saturated rings. The minimum atomic E-state index is 0.111. The quantitative estimate of drug-likeness (QED) is 0.917. The lowest BCUT2D eigenvalue weighted by Gasteiger charge is -2.45. The number of nitrogens with zero attached hydrogens (tertiary/aromatic N) is 2. The van der Waals surface area contributed by atoms with E-state index in [4.69, 9.17) is 5.73 Å². The molecule has 0 saturated carbocycles. The molecule has 3 unspecified atom stereocenters. The maximum atomic E-state index is 6.78. The number of nitrogens with two attached hydrogens (primary N) is 1. The second-order valence-corrected chi connectivity index (χ2v) is 6.62.